The standard InChI is InChI=1S/C47H36N2O2S3.W/c1-10-11-12-13-14-15-16-28-22-39(40-26-36-42(53-40)41-35(47(36,8)9)25-32(52-41)21-29(27-48)44(50)51)54-43(28)49-37-19-17-30(45(2,3)4)23-33(37)34-24-31(46(5,6)7)18-20-38(34)49;/h1,17-26H,2-9H3,(H,50,51);/b29-21+;. The van der Waals surface area contributed by atoms with Gasteiger partial charge in [-0.15, -0.1) is 40.4 Å². The van der Waals surface area contributed by atoms with Crippen molar-refractivity contribution in [2.75, 3.05) is 0 Å². The Morgan fingerprint density at radius 1 is 0.782 bits per heavy atom. The van der Waals surface area contributed by atoms with Gasteiger partial charge < -0.3 is 5.11 Å². The largest absolute Gasteiger partial charge is 0.477 e. The molecule has 8 heteroatoms. The number of carboxylic acid groups (broad SMARTS) is 1. The average molecular weight is 941 g/mol. The van der Waals surface area contributed by atoms with Crippen LogP contribution in [0.3, 0.4) is 0 Å². The minimum Gasteiger partial charge on any atom is -0.477 e. The van der Waals surface area contributed by atoms with E-state index in [0.717, 1.165) is 46.7 Å². The van der Waals surface area contributed by atoms with E-state index in [4.69, 9.17) is 6.42 Å². The summed E-state index contributed by atoms with van der Waals surface area (Å²) >= 11 is 4.97. The zero-order valence-electron chi connectivity index (χ0n) is 31.7. The van der Waals surface area contributed by atoms with Gasteiger partial charge in [-0.1, -0.05) is 67.5 Å². The van der Waals surface area contributed by atoms with Gasteiger partial charge in [-0.05, 0) is 123 Å². The Morgan fingerprint density at radius 3 is 1.89 bits per heavy atom. The molecule has 4 aromatic heterocycles. The second-order valence-electron chi connectivity index (χ2n) is 15.9. The van der Waals surface area contributed by atoms with Crippen LogP contribution in [0.5, 0.6) is 0 Å². The van der Waals surface area contributed by atoms with Crippen LogP contribution in [0.4, 0.5) is 0 Å². The van der Waals surface area contributed by atoms with Crippen LogP contribution in [-0.4, -0.2) is 15.6 Å². The summed E-state index contributed by atoms with van der Waals surface area (Å²) in [5.74, 6) is 18.2. The van der Waals surface area contributed by atoms with Crippen molar-refractivity contribution < 1.29 is 31.0 Å². The van der Waals surface area contributed by atoms with Crippen LogP contribution in [-0.2, 0) is 42.1 Å². The molecule has 0 saturated carbocycles. The van der Waals surface area contributed by atoms with Gasteiger partial charge in [-0.2, -0.15) is 5.26 Å². The summed E-state index contributed by atoms with van der Waals surface area (Å²) in [6.07, 6.45) is 6.73. The normalized spacial score (nSPS) is 12.9. The number of hydrogen-bond donors (Lipinski definition) is 1. The molecule has 4 heterocycles. The summed E-state index contributed by atoms with van der Waals surface area (Å²) in [6, 6.07) is 21.9. The van der Waals surface area contributed by atoms with E-state index in [1.807, 2.05) is 6.07 Å². The molecule has 1 aliphatic carbocycles. The predicted octanol–water partition coefficient (Wildman–Crippen LogP) is 11.5. The van der Waals surface area contributed by atoms with Gasteiger partial charge in [0.2, 0.25) is 0 Å². The monoisotopic (exact) mass is 940 g/mol. The molecule has 0 unspecified atom stereocenters. The number of carboxylic acids is 1. The molecule has 0 spiro atoms. The van der Waals surface area contributed by atoms with Crippen LogP contribution in [0.15, 0.2) is 60.2 Å². The van der Waals surface area contributed by atoms with E-state index in [1.165, 1.54) is 49.8 Å². The molecule has 0 atom stereocenters. The summed E-state index contributed by atoms with van der Waals surface area (Å²) in [5.41, 5.74) is 7.43. The van der Waals surface area contributed by atoms with Gasteiger partial charge in [0.15, 0.2) is 0 Å². The fourth-order valence-corrected chi connectivity index (χ4v) is 10.8. The van der Waals surface area contributed by atoms with E-state index in [-0.39, 0.29) is 42.9 Å². The third-order valence-corrected chi connectivity index (χ3v) is 13.5. The maximum Gasteiger partial charge on any atom is 0.346 e. The number of aliphatic carboxylic acids is 1. The van der Waals surface area contributed by atoms with Gasteiger partial charge in [0.25, 0.3) is 0 Å². The molecule has 1 aliphatic rings. The number of hydrogen-bond acceptors (Lipinski definition) is 5. The van der Waals surface area contributed by atoms with Crippen LogP contribution in [0.1, 0.15) is 88.1 Å². The number of benzene rings is 2. The van der Waals surface area contributed by atoms with E-state index < -0.39 is 5.97 Å². The molecule has 4 nitrogen and oxygen atoms in total. The van der Waals surface area contributed by atoms with Crippen molar-refractivity contribution in [2.24, 2.45) is 0 Å². The molecule has 1 N–H and O–H groups in total. The molecule has 0 radical (unpaired) electrons. The first-order valence-corrected chi connectivity index (χ1v) is 19.8. The number of aromatic nitrogens is 1. The van der Waals surface area contributed by atoms with Gasteiger partial charge >= 0.3 is 5.97 Å². The molecule has 270 valence electrons. The van der Waals surface area contributed by atoms with Crippen LogP contribution in [0.25, 0.3) is 52.4 Å². The Morgan fingerprint density at radius 2 is 1.33 bits per heavy atom. The summed E-state index contributed by atoms with van der Waals surface area (Å²) < 4.78 is 2.35. The van der Waals surface area contributed by atoms with Crippen molar-refractivity contribution >= 4 is 67.9 Å². The van der Waals surface area contributed by atoms with Crippen LogP contribution >= 0.6 is 34.0 Å². The molecule has 7 rings (SSSR count). The number of rotatable bonds is 4. The van der Waals surface area contributed by atoms with Gasteiger partial charge in [-0.3, -0.25) is 4.57 Å². The second-order valence-corrected chi connectivity index (χ2v) is 19.0. The van der Waals surface area contributed by atoms with Gasteiger partial charge in [0.1, 0.15) is 16.6 Å². The SMILES string of the molecule is C#CC#CC#CC#Cc1cc(-c2cc3c(s2)-c2sc(/C=C(\C#N)C(=O)O)cc2C3(C)C)sc1-n1c2ccc(C(C)(C)C)cc2c2cc(C(C)(C)C)ccc21.[W]. The summed E-state index contributed by atoms with van der Waals surface area (Å²) in [7, 11) is 0. The van der Waals surface area contributed by atoms with E-state index >= 15 is 0 Å². The quantitative estimate of drug-likeness (QED) is 0.109. The number of terminal acetylenes is 1. The maximum absolute atomic E-state index is 11.6. The Bertz CT molecular complexity index is 2830. The van der Waals surface area contributed by atoms with Crippen LogP contribution in [0, 0.1) is 59.2 Å². The predicted molar refractivity (Wildman–Crippen MR) is 227 cm³/mol. The smallest absolute Gasteiger partial charge is 0.346 e. The summed E-state index contributed by atoms with van der Waals surface area (Å²) in [5, 5.41) is 22.2. The third-order valence-electron chi connectivity index (χ3n) is 9.85. The third kappa shape index (κ3) is 7.14. The molecule has 0 fully saturated rings. The fraction of sp³-hybridized carbons (Fsp3) is 0.234. The van der Waals surface area contributed by atoms with Crippen LogP contribution < -0.4 is 0 Å². The Hall–Kier alpha value is -5.03. The first-order valence-electron chi connectivity index (χ1n) is 17.4. The van der Waals surface area contributed by atoms with Crippen molar-refractivity contribution in [3.8, 4) is 78.4 Å². The molecule has 55 heavy (non-hydrogen) atoms. The zero-order chi connectivity index (χ0) is 38.7. The minimum absolute atomic E-state index is 0. The van der Waals surface area contributed by atoms with Crippen molar-refractivity contribution in [1.29, 1.82) is 5.26 Å². The van der Waals surface area contributed by atoms with E-state index in [2.05, 4.69) is 150 Å². The zero-order valence-corrected chi connectivity index (χ0v) is 37.1. The van der Waals surface area contributed by atoms with Gasteiger partial charge in [0.05, 0.1) is 16.6 Å². The van der Waals surface area contributed by atoms with E-state index in [1.54, 1.807) is 28.7 Å². The van der Waals surface area contributed by atoms with Crippen molar-refractivity contribution in [1.82, 2.24) is 4.57 Å². The Balaban J connectivity index is 0.00000514. The number of nitriles is 1. The van der Waals surface area contributed by atoms with E-state index in [9.17, 15) is 15.2 Å². The topological polar surface area (TPSA) is 66.0 Å². The molecular formula is C47H36N2O2S3W. The minimum atomic E-state index is -1.23. The number of nitrogens with zero attached hydrogens (tertiary/aromatic N) is 2. The number of fused-ring (bicyclic) bond motifs is 6. The molecule has 6 aromatic rings. The number of carbonyl (C=O) groups is 1. The summed E-state index contributed by atoms with van der Waals surface area (Å²) in [4.78, 5) is 16.8. The first kappa shape index (κ1) is 39.7. The maximum atomic E-state index is 11.6. The van der Waals surface area contributed by atoms with Gasteiger partial charge in [0, 0.05) is 61.6 Å². The first-order chi connectivity index (χ1) is 25.5. The molecule has 0 bridgehead atoms. The molecule has 0 saturated heterocycles. The van der Waals surface area contributed by atoms with Crippen LogP contribution in [0.2, 0.25) is 0 Å². The molecule has 0 amide bonds. The molecule has 2 aromatic carbocycles. The summed E-state index contributed by atoms with van der Waals surface area (Å²) in [6.45, 7) is 17.9. The average Bonchev–Trinajstić information content (AvgIpc) is 3.92. The molecule has 0 aliphatic heterocycles. The van der Waals surface area contributed by atoms with E-state index in [0.29, 0.717) is 0 Å². The van der Waals surface area contributed by atoms with Crippen molar-refractivity contribution in [3.05, 3.63) is 92.9 Å². The Kier molecular flexibility index (Phi) is 10.5. The van der Waals surface area contributed by atoms with Crippen molar-refractivity contribution in [2.45, 2.75) is 71.6 Å². The fourth-order valence-electron chi connectivity index (χ4n) is 6.85. The number of thiophene rings is 3. The molecular weight excluding hydrogens is 905 g/mol. The van der Waals surface area contributed by atoms with Gasteiger partial charge in [-0.25, -0.2) is 4.79 Å². The second kappa shape index (κ2) is 14.6. The Labute approximate surface area is 349 Å². The van der Waals surface area contributed by atoms with Crippen molar-refractivity contribution in [3.63, 3.8) is 0 Å².